The number of rotatable bonds is 8. The molecule has 0 aliphatic carbocycles. The van der Waals surface area contributed by atoms with Crippen LogP contribution in [0.4, 0.5) is 5.82 Å². The highest BCUT2D eigenvalue weighted by atomic mass is 35.5. The third-order valence-electron chi connectivity index (χ3n) is 5.40. The summed E-state index contributed by atoms with van der Waals surface area (Å²) in [6.07, 6.45) is 1.57. The maximum Gasteiger partial charge on any atom is 0.143 e. The zero-order valence-electron chi connectivity index (χ0n) is 17.3. The van der Waals surface area contributed by atoms with Crippen molar-refractivity contribution in [1.82, 2.24) is 19.9 Å². The number of hydrogen-bond acceptors (Lipinski definition) is 4. The summed E-state index contributed by atoms with van der Waals surface area (Å²) >= 11 is 6.27. The maximum atomic E-state index is 6.27. The van der Waals surface area contributed by atoms with Crippen LogP contribution >= 0.6 is 11.6 Å². The van der Waals surface area contributed by atoms with Gasteiger partial charge in [-0.05, 0) is 41.9 Å². The van der Waals surface area contributed by atoms with E-state index in [0.717, 1.165) is 58.3 Å². The molecule has 0 aliphatic rings. The monoisotopic (exact) mass is 419 g/mol. The summed E-state index contributed by atoms with van der Waals surface area (Å²) in [6, 6.07) is 18.6. The number of aromatic amines is 1. The van der Waals surface area contributed by atoms with Crippen LogP contribution in [0, 0.1) is 0 Å². The second-order valence-corrected chi connectivity index (χ2v) is 7.68. The molecule has 4 aromatic rings. The van der Waals surface area contributed by atoms with Gasteiger partial charge in [-0.25, -0.2) is 9.97 Å². The first-order valence-corrected chi connectivity index (χ1v) is 10.7. The molecule has 5 nitrogen and oxygen atoms in total. The summed E-state index contributed by atoms with van der Waals surface area (Å²) in [7, 11) is 0. The van der Waals surface area contributed by atoms with Crippen molar-refractivity contribution in [2.24, 2.45) is 0 Å². The van der Waals surface area contributed by atoms with Gasteiger partial charge < -0.3 is 10.3 Å². The van der Waals surface area contributed by atoms with Gasteiger partial charge in [0.25, 0.3) is 0 Å². The fourth-order valence-electron chi connectivity index (χ4n) is 3.55. The average molecular weight is 420 g/mol. The lowest BCUT2D eigenvalue weighted by atomic mass is 10.1. The van der Waals surface area contributed by atoms with E-state index in [9.17, 15) is 0 Å². The molecule has 30 heavy (non-hydrogen) atoms. The third-order valence-corrected chi connectivity index (χ3v) is 5.76. The normalized spacial score (nSPS) is 11.3. The van der Waals surface area contributed by atoms with Crippen LogP contribution in [-0.4, -0.2) is 32.9 Å². The van der Waals surface area contributed by atoms with Crippen molar-refractivity contribution >= 4 is 28.5 Å². The number of halogens is 1. The van der Waals surface area contributed by atoms with E-state index in [1.54, 1.807) is 6.33 Å². The molecule has 0 fully saturated rings. The second-order valence-electron chi connectivity index (χ2n) is 7.27. The number of hydrogen-bond donors (Lipinski definition) is 2. The maximum absolute atomic E-state index is 6.27. The summed E-state index contributed by atoms with van der Waals surface area (Å²) < 4.78 is 0. The molecule has 0 spiro atoms. The van der Waals surface area contributed by atoms with Crippen molar-refractivity contribution < 1.29 is 0 Å². The molecule has 0 bridgehead atoms. The van der Waals surface area contributed by atoms with Crippen LogP contribution in [0.25, 0.3) is 22.3 Å². The number of H-pyrrole nitrogens is 1. The van der Waals surface area contributed by atoms with Crippen LogP contribution in [-0.2, 0) is 13.1 Å². The second kappa shape index (κ2) is 9.28. The Balaban J connectivity index is 1.55. The number of nitrogens with zero attached hydrogens (tertiary/aromatic N) is 3. The number of aromatic nitrogens is 3. The summed E-state index contributed by atoms with van der Waals surface area (Å²) in [6.45, 7) is 8.08. The van der Waals surface area contributed by atoms with Crippen LogP contribution in [0.1, 0.15) is 25.0 Å². The van der Waals surface area contributed by atoms with E-state index < -0.39 is 0 Å². The first-order chi connectivity index (χ1) is 14.7. The Morgan fingerprint density at radius 1 is 1.00 bits per heavy atom. The van der Waals surface area contributed by atoms with Crippen LogP contribution in [0.3, 0.4) is 0 Å². The molecule has 0 aliphatic heterocycles. The molecular weight excluding hydrogens is 394 g/mol. The molecule has 6 heteroatoms. The zero-order valence-corrected chi connectivity index (χ0v) is 18.1. The van der Waals surface area contributed by atoms with Crippen molar-refractivity contribution in [3.63, 3.8) is 0 Å². The smallest absolute Gasteiger partial charge is 0.143 e. The number of fused-ring (bicyclic) bond motifs is 1. The van der Waals surface area contributed by atoms with Gasteiger partial charge in [0.1, 0.15) is 17.8 Å². The van der Waals surface area contributed by atoms with Crippen LogP contribution in [0.15, 0.2) is 60.9 Å². The number of anilines is 1. The Bertz CT molecular complexity index is 1120. The molecular formula is C24H26ClN5. The minimum absolute atomic E-state index is 0.604. The summed E-state index contributed by atoms with van der Waals surface area (Å²) in [4.78, 5) is 14.7. The molecule has 2 N–H and O–H groups in total. The van der Waals surface area contributed by atoms with Gasteiger partial charge in [-0.15, -0.1) is 0 Å². The Hall–Kier alpha value is -2.89. The van der Waals surface area contributed by atoms with Crippen LogP contribution < -0.4 is 5.32 Å². The van der Waals surface area contributed by atoms with Gasteiger partial charge in [-0.2, -0.15) is 0 Å². The van der Waals surface area contributed by atoms with Crippen molar-refractivity contribution in [2.45, 2.75) is 26.9 Å². The van der Waals surface area contributed by atoms with Crippen LogP contribution in [0.5, 0.6) is 0 Å². The van der Waals surface area contributed by atoms with Gasteiger partial charge in [0.2, 0.25) is 0 Å². The fourth-order valence-corrected chi connectivity index (χ4v) is 3.75. The average Bonchev–Trinajstić information content (AvgIpc) is 3.22. The van der Waals surface area contributed by atoms with E-state index in [-0.39, 0.29) is 0 Å². The Morgan fingerprint density at radius 2 is 1.77 bits per heavy atom. The molecule has 0 radical (unpaired) electrons. The molecule has 2 heterocycles. The summed E-state index contributed by atoms with van der Waals surface area (Å²) in [5.74, 6) is 0.792. The highest BCUT2D eigenvalue weighted by Gasteiger charge is 2.10. The van der Waals surface area contributed by atoms with E-state index in [1.807, 2.05) is 24.3 Å². The largest absolute Gasteiger partial charge is 0.365 e. The highest BCUT2D eigenvalue weighted by molar-refractivity contribution is 6.31. The zero-order chi connectivity index (χ0) is 20.9. The first kappa shape index (κ1) is 20.4. The Labute approximate surface area is 182 Å². The standard InChI is InChI=1S/C24H26ClN5/c1-3-30(4-2)15-17-9-11-18(12-10-17)22-13-20-23(27-16-28-24(20)29-22)26-14-19-7-5-6-8-21(19)25/h5-13,16H,3-4,14-15H2,1-2H3,(H2,26,27,28,29). The molecule has 2 aromatic carbocycles. The quantitative estimate of drug-likeness (QED) is 0.382. The predicted octanol–water partition coefficient (Wildman–Crippen LogP) is 5.73. The molecule has 0 saturated carbocycles. The predicted molar refractivity (Wildman–Crippen MR) is 125 cm³/mol. The van der Waals surface area contributed by atoms with Gasteiger partial charge in [0.05, 0.1) is 5.39 Å². The summed E-state index contributed by atoms with van der Waals surface area (Å²) in [5, 5.41) is 5.10. The molecule has 4 rings (SSSR count). The van der Waals surface area contributed by atoms with Crippen molar-refractivity contribution in [3.05, 3.63) is 77.1 Å². The number of nitrogens with one attached hydrogen (secondary N) is 2. The minimum Gasteiger partial charge on any atom is -0.365 e. The molecule has 0 atom stereocenters. The van der Waals surface area contributed by atoms with Gasteiger partial charge in [-0.1, -0.05) is 67.9 Å². The lowest BCUT2D eigenvalue weighted by Crippen LogP contribution is -2.21. The molecule has 154 valence electrons. The summed E-state index contributed by atoms with van der Waals surface area (Å²) in [5.41, 5.74) is 5.33. The lowest BCUT2D eigenvalue weighted by Gasteiger charge is -2.17. The van der Waals surface area contributed by atoms with Gasteiger partial charge in [0.15, 0.2) is 0 Å². The lowest BCUT2D eigenvalue weighted by molar-refractivity contribution is 0.296. The van der Waals surface area contributed by atoms with E-state index in [1.165, 1.54) is 5.56 Å². The topological polar surface area (TPSA) is 56.8 Å². The van der Waals surface area contributed by atoms with Gasteiger partial charge >= 0.3 is 0 Å². The molecule has 0 amide bonds. The van der Waals surface area contributed by atoms with Crippen LogP contribution in [0.2, 0.25) is 5.02 Å². The van der Waals surface area contributed by atoms with E-state index in [0.29, 0.717) is 6.54 Å². The van der Waals surface area contributed by atoms with E-state index in [2.05, 4.69) is 69.3 Å². The van der Waals surface area contributed by atoms with Crippen molar-refractivity contribution in [1.29, 1.82) is 0 Å². The molecule has 0 saturated heterocycles. The molecule has 0 unspecified atom stereocenters. The SMILES string of the molecule is CCN(CC)Cc1ccc(-c2cc3c(NCc4ccccc4Cl)ncnc3[nH]2)cc1. The third kappa shape index (κ3) is 4.48. The van der Waals surface area contributed by atoms with E-state index >= 15 is 0 Å². The fraction of sp³-hybridized carbons (Fsp3) is 0.250. The number of benzene rings is 2. The van der Waals surface area contributed by atoms with Crippen molar-refractivity contribution in [3.8, 4) is 11.3 Å². The highest BCUT2D eigenvalue weighted by Crippen LogP contribution is 2.28. The van der Waals surface area contributed by atoms with Gasteiger partial charge in [0, 0.05) is 23.8 Å². The van der Waals surface area contributed by atoms with Crippen molar-refractivity contribution in [2.75, 3.05) is 18.4 Å². The Kier molecular flexibility index (Phi) is 6.31. The molecule has 2 aromatic heterocycles. The van der Waals surface area contributed by atoms with E-state index in [4.69, 9.17) is 11.6 Å². The van der Waals surface area contributed by atoms with Gasteiger partial charge in [-0.3, -0.25) is 4.90 Å². The minimum atomic E-state index is 0.604. The Morgan fingerprint density at radius 3 is 2.50 bits per heavy atom. The first-order valence-electron chi connectivity index (χ1n) is 10.3.